The van der Waals surface area contributed by atoms with E-state index in [9.17, 15) is 5.53 Å². The molecule has 0 amide bonds. The number of unbranched alkanes of at least 4 members (excludes halogenated alkanes) is 47. The van der Waals surface area contributed by atoms with E-state index in [4.69, 9.17) is 0 Å². The second kappa shape index (κ2) is 48.9. The van der Waals surface area contributed by atoms with Gasteiger partial charge in [0.2, 0.25) is 11.4 Å². The number of nitrogens with zero attached hydrogens (tertiary/aromatic N) is 2. The summed E-state index contributed by atoms with van der Waals surface area (Å²) in [4.78, 5) is 0. The van der Waals surface area contributed by atoms with Crippen LogP contribution in [0.15, 0.2) is 60.2 Å². The fourth-order valence-electron chi connectivity index (χ4n) is 11.9. The molecule has 0 saturated heterocycles. The minimum absolute atomic E-state index is 0.927. The lowest BCUT2D eigenvalue weighted by Crippen LogP contribution is -2.02. The van der Waals surface area contributed by atoms with Crippen LogP contribution in [0, 0.1) is 0 Å². The van der Waals surface area contributed by atoms with Crippen LogP contribution in [-0.2, 0) is 12.8 Å². The third-order valence-corrected chi connectivity index (χ3v) is 17.0. The van der Waals surface area contributed by atoms with Gasteiger partial charge in [-0.2, -0.15) is 0 Å². The monoisotopic (exact) mass is 1020 g/mol. The molecule has 3 rings (SSSR count). The van der Waals surface area contributed by atoms with Gasteiger partial charge < -0.3 is 5.53 Å². The third kappa shape index (κ3) is 34.3. The summed E-state index contributed by atoms with van der Waals surface area (Å²) in [6.07, 6.45) is 76.3. The van der Waals surface area contributed by atoms with Crippen molar-refractivity contribution in [3.8, 4) is 0 Å². The van der Waals surface area contributed by atoms with Crippen molar-refractivity contribution in [1.82, 2.24) is 0 Å². The third-order valence-electron chi connectivity index (χ3n) is 17.0. The molecular formula is C72H124N2. The summed E-state index contributed by atoms with van der Waals surface area (Å²) in [5.41, 5.74) is 20.1. The molecule has 1 heterocycles. The molecule has 0 radical (unpaired) electrons. The lowest BCUT2D eigenvalue weighted by atomic mass is 9.99. The van der Waals surface area contributed by atoms with Crippen molar-refractivity contribution in [3.63, 3.8) is 0 Å². The first-order valence-electron chi connectivity index (χ1n) is 33.8. The molecule has 2 aromatic carbocycles. The highest BCUT2D eigenvalue weighted by atomic mass is 15.2. The first-order chi connectivity index (χ1) is 36.7. The Hall–Kier alpha value is -2.48. The molecule has 0 unspecified atom stereocenters. The van der Waals surface area contributed by atoms with Crippen molar-refractivity contribution in [1.29, 1.82) is 0 Å². The topological polar surface area (TPSA) is 25.3 Å². The predicted molar refractivity (Wildman–Crippen MR) is 331 cm³/mol. The van der Waals surface area contributed by atoms with Crippen molar-refractivity contribution in [2.24, 2.45) is 0 Å². The maximum absolute atomic E-state index is 11.8. The van der Waals surface area contributed by atoms with Crippen molar-refractivity contribution < 1.29 is 4.70 Å². The second-order valence-electron chi connectivity index (χ2n) is 24.0. The van der Waals surface area contributed by atoms with E-state index in [0.29, 0.717) is 0 Å². The fourth-order valence-corrected chi connectivity index (χ4v) is 11.9. The molecule has 422 valence electrons. The summed E-state index contributed by atoms with van der Waals surface area (Å²) in [6, 6.07) is 18.3. The molecule has 0 atom stereocenters. The fraction of sp³-hybridized carbons (Fsp3) is 0.778. The van der Waals surface area contributed by atoms with Gasteiger partial charge in [0.05, 0.1) is 0 Å². The van der Waals surface area contributed by atoms with Crippen LogP contribution in [0.4, 0.5) is 0 Å². The molecule has 2 heteroatoms. The van der Waals surface area contributed by atoms with Gasteiger partial charge >= 0.3 is 0 Å². The molecular weight excluding hydrogens is 893 g/mol. The Labute approximate surface area is 462 Å². The molecule has 2 aromatic rings. The van der Waals surface area contributed by atoms with Crippen LogP contribution < -0.4 is 0 Å². The van der Waals surface area contributed by atoms with E-state index in [1.54, 1.807) is 0 Å². The maximum Gasteiger partial charge on any atom is 0.210 e. The van der Waals surface area contributed by atoms with E-state index in [1.807, 2.05) is 0 Å². The van der Waals surface area contributed by atoms with Gasteiger partial charge in [-0.1, -0.05) is 347 Å². The Bertz CT molecular complexity index is 1610. The molecule has 0 aromatic heterocycles. The minimum Gasteiger partial charge on any atom is -0.493 e. The maximum atomic E-state index is 11.8. The number of aryl methyl sites for hydroxylation is 2. The highest BCUT2D eigenvalue weighted by Gasteiger charge is 2.28. The number of hydrogen-bond acceptors (Lipinski definition) is 0. The first kappa shape index (κ1) is 65.8. The number of allylic oxidation sites excluding steroid dienone is 2. The number of hydrogen-bond donors (Lipinski definition) is 0. The zero-order valence-electron chi connectivity index (χ0n) is 50.1. The van der Waals surface area contributed by atoms with Crippen LogP contribution in [0.3, 0.4) is 0 Å². The van der Waals surface area contributed by atoms with Crippen molar-refractivity contribution in [2.75, 3.05) is 0 Å². The largest absolute Gasteiger partial charge is 0.493 e. The molecule has 0 bridgehead atoms. The molecule has 1 aliphatic rings. The van der Waals surface area contributed by atoms with Crippen molar-refractivity contribution in [2.45, 2.75) is 361 Å². The summed E-state index contributed by atoms with van der Waals surface area (Å²) in [6.45, 7) is 6.91. The Morgan fingerprint density at radius 3 is 0.730 bits per heavy atom. The van der Waals surface area contributed by atoms with Gasteiger partial charge in [0, 0.05) is 22.8 Å². The Morgan fingerprint density at radius 2 is 0.473 bits per heavy atom. The molecule has 0 N–H and O–H groups in total. The van der Waals surface area contributed by atoms with Crippen LogP contribution >= 0.6 is 0 Å². The summed E-state index contributed by atoms with van der Waals surface area (Å²) in [5.74, 6) is 0. The zero-order chi connectivity index (χ0) is 52.5. The molecule has 74 heavy (non-hydrogen) atoms. The van der Waals surface area contributed by atoms with Crippen LogP contribution in [0.25, 0.3) is 16.9 Å². The summed E-state index contributed by atoms with van der Waals surface area (Å²) >= 11 is 0. The molecule has 0 aliphatic carbocycles. The van der Waals surface area contributed by atoms with E-state index < -0.39 is 0 Å². The smallest absolute Gasteiger partial charge is 0.210 e. The van der Waals surface area contributed by atoms with Crippen molar-refractivity contribution >= 4 is 11.4 Å². The summed E-state index contributed by atoms with van der Waals surface area (Å²) in [5, 5.41) is 0. The SMILES string of the molecule is CCCCCCCCCCCCCCCCCCCCCCCCc1ccc(C2=CC(CCCCCCCC)=C(c3ccc(CCCCCCCCCCCCCCCCCCCCCCCC)cc3)[N+]2=[N-])cc1. The number of benzene rings is 2. The van der Waals surface area contributed by atoms with E-state index in [1.165, 1.54) is 342 Å². The van der Waals surface area contributed by atoms with Crippen molar-refractivity contribution in [3.05, 3.63) is 88.0 Å². The normalized spacial score (nSPS) is 12.7. The molecule has 0 spiro atoms. The lowest BCUT2D eigenvalue weighted by molar-refractivity contribution is -0.344. The van der Waals surface area contributed by atoms with Gasteiger partial charge in [0.15, 0.2) is 0 Å². The predicted octanol–water partition coefficient (Wildman–Crippen LogP) is 25.5. The highest BCUT2D eigenvalue weighted by Crippen LogP contribution is 2.38. The van der Waals surface area contributed by atoms with Crippen LogP contribution in [0.5, 0.6) is 0 Å². The second-order valence-corrected chi connectivity index (χ2v) is 24.0. The Morgan fingerprint density at radius 1 is 0.257 bits per heavy atom. The van der Waals surface area contributed by atoms with E-state index >= 15 is 0 Å². The minimum atomic E-state index is 0.927. The van der Waals surface area contributed by atoms with Gasteiger partial charge in [-0.15, -0.1) is 0 Å². The quantitative estimate of drug-likeness (QED) is 0.0466. The van der Waals surface area contributed by atoms with E-state index in [-0.39, 0.29) is 0 Å². The molecule has 2 nitrogen and oxygen atoms in total. The lowest BCUT2D eigenvalue weighted by Gasteiger charge is -2.11. The average Bonchev–Trinajstić information content (AvgIpc) is 3.75. The van der Waals surface area contributed by atoms with Crippen LogP contribution in [0.2, 0.25) is 0 Å². The zero-order valence-corrected chi connectivity index (χ0v) is 50.1. The number of rotatable bonds is 55. The average molecular weight is 1020 g/mol. The van der Waals surface area contributed by atoms with Crippen LogP contribution in [-0.4, -0.2) is 4.70 Å². The van der Waals surface area contributed by atoms with E-state index in [2.05, 4.69) is 75.4 Å². The first-order valence-corrected chi connectivity index (χ1v) is 33.8. The van der Waals surface area contributed by atoms with Gasteiger partial charge in [-0.05, 0) is 73.9 Å². The van der Waals surface area contributed by atoms with Crippen LogP contribution in [0.1, 0.15) is 370 Å². The molecule has 0 saturated carbocycles. The van der Waals surface area contributed by atoms with Gasteiger partial charge in [0.1, 0.15) is 0 Å². The summed E-state index contributed by atoms with van der Waals surface area (Å²) in [7, 11) is 0. The standard InChI is InChI=1S/C72H124N2/c1-4-7-10-13-16-18-20-22-24-26-28-30-32-34-36-38-40-42-44-46-48-51-54-66-57-61-68(62-58-66)71-65-70(56-53-50-15-12-9-6-3)72(74(71)73)69-63-59-67(60-64-69)55-52-49-47-45-43-41-39-37-35-33-31-29-27-25-23-21-19-17-14-11-8-5-2/h57-65H,4-56H2,1-3H3. The molecule has 1 aliphatic heterocycles. The van der Waals surface area contributed by atoms with Gasteiger partial charge in [-0.25, -0.2) is 4.70 Å². The van der Waals surface area contributed by atoms with Gasteiger partial charge in [-0.3, -0.25) is 0 Å². The highest BCUT2D eigenvalue weighted by molar-refractivity contribution is 5.78. The van der Waals surface area contributed by atoms with Gasteiger partial charge in [0.25, 0.3) is 0 Å². The van der Waals surface area contributed by atoms with E-state index in [0.717, 1.165) is 41.8 Å². The Balaban J connectivity index is 1.24. The molecule has 0 fully saturated rings. The Kier molecular flexibility index (Phi) is 43.4. The summed E-state index contributed by atoms with van der Waals surface area (Å²) < 4.78 is 1.51.